The second-order valence-electron chi connectivity index (χ2n) is 12.6. The van der Waals surface area contributed by atoms with Gasteiger partial charge in [0.05, 0.1) is 29.8 Å². The van der Waals surface area contributed by atoms with Crippen molar-refractivity contribution < 1.29 is 49.0 Å². The Morgan fingerprint density at radius 3 is 2.27 bits per heavy atom. The van der Waals surface area contributed by atoms with Gasteiger partial charge in [-0.25, -0.2) is 4.79 Å². The standard InChI is InChI=1S/C30H38O10/c1-15-18(32)13-30(37)22(39-26(36)17-9-7-6-8-10-17)11-19-28(5,25(35)24(34)23(15)27(30,3)4)20(33)12-21-29(19,14-38-21)40-16(2)31/h6-10,18-22,24,32-34,37H,11-14H2,1-5H3/t18-,19-,20-,21+,22-,24+,28-,29+,30+/m0/s1. The molecule has 0 radical (unpaired) electrons. The Bertz CT molecular complexity index is 1260. The predicted molar refractivity (Wildman–Crippen MR) is 140 cm³/mol. The van der Waals surface area contributed by atoms with Gasteiger partial charge < -0.3 is 34.6 Å². The van der Waals surface area contributed by atoms with Crippen molar-refractivity contribution in [3.05, 3.63) is 47.0 Å². The van der Waals surface area contributed by atoms with E-state index in [1.165, 1.54) is 13.8 Å². The molecule has 218 valence electrons. The normalized spacial score (nSPS) is 42.3. The number of ether oxygens (including phenoxy) is 3. The highest BCUT2D eigenvalue weighted by molar-refractivity contribution is 5.93. The van der Waals surface area contributed by atoms with Gasteiger partial charge in [-0.2, -0.15) is 0 Å². The van der Waals surface area contributed by atoms with Crippen molar-refractivity contribution in [3.63, 3.8) is 0 Å². The molecule has 9 atom stereocenters. The first kappa shape index (κ1) is 28.9. The third kappa shape index (κ3) is 3.84. The molecular formula is C30H38O10. The van der Waals surface area contributed by atoms with Crippen molar-refractivity contribution in [3.8, 4) is 0 Å². The lowest BCUT2D eigenvalue weighted by Gasteiger charge is -2.62. The second kappa shape index (κ2) is 9.46. The number of fused-ring (bicyclic) bond motifs is 5. The lowest BCUT2D eigenvalue weighted by molar-refractivity contribution is -0.323. The number of hydrogen-bond donors (Lipinski definition) is 4. The van der Waals surface area contributed by atoms with Crippen molar-refractivity contribution in [2.45, 2.75) is 95.6 Å². The van der Waals surface area contributed by atoms with E-state index in [1.807, 2.05) is 0 Å². The Balaban J connectivity index is 1.74. The highest BCUT2D eigenvalue weighted by Gasteiger charge is 2.73. The van der Waals surface area contributed by atoms with Crippen molar-refractivity contribution >= 4 is 17.7 Å². The van der Waals surface area contributed by atoms with E-state index >= 15 is 0 Å². The van der Waals surface area contributed by atoms with Crippen LogP contribution in [0.25, 0.3) is 0 Å². The van der Waals surface area contributed by atoms with Crippen LogP contribution in [0.1, 0.15) is 64.2 Å². The van der Waals surface area contributed by atoms with E-state index < -0.39 is 76.2 Å². The van der Waals surface area contributed by atoms with Crippen LogP contribution in [-0.2, 0) is 23.8 Å². The average Bonchev–Trinajstić information content (AvgIpc) is 2.89. The van der Waals surface area contributed by atoms with E-state index in [4.69, 9.17) is 14.2 Å². The number of ketones is 1. The fourth-order valence-electron chi connectivity index (χ4n) is 7.81. The summed E-state index contributed by atoms with van der Waals surface area (Å²) in [5.41, 5.74) is -5.70. The van der Waals surface area contributed by atoms with Gasteiger partial charge in [0.15, 0.2) is 11.4 Å². The molecule has 1 aromatic carbocycles. The second-order valence-corrected chi connectivity index (χ2v) is 12.6. The molecule has 5 rings (SSSR count). The van der Waals surface area contributed by atoms with Gasteiger partial charge in [0.25, 0.3) is 0 Å². The number of esters is 2. The number of aliphatic hydroxyl groups is 4. The Kier molecular flexibility index (Phi) is 6.83. The van der Waals surface area contributed by atoms with Crippen LogP contribution in [0, 0.1) is 16.7 Å². The lowest BCUT2D eigenvalue weighted by Crippen LogP contribution is -2.75. The fourth-order valence-corrected chi connectivity index (χ4v) is 7.81. The van der Waals surface area contributed by atoms with E-state index in [0.717, 1.165) is 0 Å². The van der Waals surface area contributed by atoms with Crippen LogP contribution in [0.15, 0.2) is 41.5 Å². The van der Waals surface area contributed by atoms with Gasteiger partial charge in [-0.1, -0.05) is 32.0 Å². The zero-order valence-corrected chi connectivity index (χ0v) is 23.4. The van der Waals surface area contributed by atoms with Crippen LogP contribution in [0.3, 0.4) is 0 Å². The van der Waals surface area contributed by atoms with Crippen LogP contribution < -0.4 is 0 Å². The number of aliphatic hydroxyl groups excluding tert-OH is 3. The summed E-state index contributed by atoms with van der Waals surface area (Å²) in [7, 11) is 0. The van der Waals surface area contributed by atoms with E-state index in [0.29, 0.717) is 5.57 Å². The monoisotopic (exact) mass is 558 g/mol. The SMILES string of the molecule is CC(=O)O[C@@]12CO[C@@H]1C[C@H](O)[C@@]1(C)C(=O)[C@H](O)C3=C(C)[C@@H](O)C[C@@](O)([C@@H](OC(=O)c4ccccc4)C[C@H]21)C3(C)C. The third-order valence-corrected chi connectivity index (χ3v) is 10.3. The van der Waals surface area contributed by atoms with Crippen LogP contribution in [0.5, 0.6) is 0 Å². The summed E-state index contributed by atoms with van der Waals surface area (Å²) in [5.74, 6) is -3.09. The molecule has 10 heteroatoms. The minimum atomic E-state index is -1.96. The highest BCUT2D eigenvalue weighted by atomic mass is 16.6. The largest absolute Gasteiger partial charge is 0.456 e. The first-order valence-electron chi connectivity index (χ1n) is 13.7. The summed E-state index contributed by atoms with van der Waals surface area (Å²) in [6.45, 7) is 7.56. The summed E-state index contributed by atoms with van der Waals surface area (Å²) in [4.78, 5) is 40.1. The Morgan fingerprint density at radius 1 is 1.05 bits per heavy atom. The summed E-state index contributed by atoms with van der Waals surface area (Å²) in [6, 6.07) is 8.21. The van der Waals surface area contributed by atoms with Gasteiger partial charge in [-0.3, -0.25) is 9.59 Å². The molecule has 0 aromatic heterocycles. The molecule has 0 unspecified atom stereocenters. The quantitative estimate of drug-likeness (QED) is 0.316. The summed E-state index contributed by atoms with van der Waals surface area (Å²) >= 11 is 0. The van der Waals surface area contributed by atoms with Gasteiger partial charge in [0.1, 0.15) is 23.9 Å². The predicted octanol–water partition coefficient (Wildman–Crippen LogP) is 1.47. The number of Topliss-reactive ketones (excluding diaryl/α,β-unsaturated/α-hetero) is 1. The van der Waals surface area contributed by atoms with E-state index in [1.54, 1.807) is 51.1 Å². The maximum Gasteiger partial charge on any atom is 0.338 e. The molecule has 1 heterocycles. The maximum absolute atomic E-state index is 14.3. The molecule has 2 saturated carbocycles. The topological polar surface area (TPSA) is 160 Å². The maximum atomic E-state index is 14.3. The van der Waals surface area contributed by atoms with Crippen LogP contribution >= 0.6 is 0 Å². The number of hydrogen-bond acceptors (Lipinski definition) is 10. The van der Waals surface area contributed by atoms with Crippen molar-refractivity contribution in [1.82, 2.24) is 0 Å². The van der Waals surface area contributed by atoms with E-state index in [-0.39, 0.29) is 37.0 Å². The Morgan fingerprint density at radius 2 is 1.70 bits per heavy atom. The zero-order valence-electron chi connectivity index (χ0n) is 23.4. The number of carbonyl (C=O) groups excluding carboxylic acids is 3. The smallest absolute Gasteiger partial charge is 0.338 e. The van der Waals surface area contributed by atoms with Gasteiger partial charge in [0.2, 0.25) is 0 Å². The summed E-state index contributed by atoms with van der Waals surface area (Å²) < 4.78 is 17.6. The Hall–Kier alpha value is -2.63. The van der Waals surface area contributed by atoms with Crippen LogP contribution in [0.2, 0.25) is 0 Å². The van der Waals surface area contributed by atoms with Crippen molar-refractivity contribution in [2.75, 3.05) is 6.61 Å². The molecule has 2 bridgehead atoms. The summed E-state index contributed by atoms with van der Waals surface area (Å²) in [6.07, 6.45) is -6.90. The number of carbonyl (C=O) groups is 3. The molecule has 10 nitrogen and oxygen atoms in total. The average molecular weight is 559 g/mol. The molecule has 4 N–H and O–H groups in total. The van der Waals surface area contributed by atoms with Crippen molar-refractivity contribution in [2.24, 2.45) is 16.7 Å². The molecule has 1 saturated heterocycles. The molecule has 3 aliphatic carbocycles. The van der Waals surface area contributed by atoms with Gasteiger partial charge in [-0.15, -0.1) is 0 Å². The minimum absolute atomic E-state index is 0.0263. The molecule has 3 fully saturated rings. The molecule has 4 aliphatic rings. The molecule has 40 heavy (non-hydrogen) atoms. The third-order valence-electron chi connectivity index (χ3n) is 10.3. The Labute approximate surface area is 232 Å². The lowest BCUT2D eigenvalue weighted by atomic mass is 9.52. The molecule has 0 amide bonds. The number of benzene rings is 1. The molecule has 0 spiro atoms. The van der Waals surface area contributed by atoms with Gasteiger partial charge >= 0.3 is 11.9 Å². The van der Waals surface area contributed by atoms with E-state index in [9.17, 15) is 34.8 Å². The van der Waals surface area contributed by atoms with Gasteiger partial charge in [0, 0.05) is 31.1 Å². The fraction of sp³-hybridized carbons (Fsp3) is 0.633. The summed E-state index contributed by atoms with van der Waals surface area (Å²) in [5, 5.41) is 46.7. The van der Waals surface area contributed by atoms with Crippen molar-refractivity contribution in [1.29, 1.82) is 0 Å². The first-order chi connectivity index (χ1) is 18.6. The zero-order chi connectivity index (χ0) is 29.4. The first-order valence-corrected chi connectivity index (χ1v) is 13.7. The molecular weight excluding hydrogens is 520 g/mol. The molecule has 1 aromatic rings. The van der Waals surface area contributed by atoms with Gasteiger partial charge in [-0.05, 0) is 43.5 Å². The van der Waals surface area contributed by atoms with Crippen LogP contribution in [-0.4, -0.2) is 86.5 Å². The van der Waals surface area contributed by atoms with Crippen LogP contribution in [0.4, 0.5) is 0 Å². The van der Waals surface area contributed by atoms with E-state index in [2.05, 4.69) is 0 Å². The number of rotatable bonds is 3. The molecule has 1 aliphatic heterocycles. The highest BCUT2D eigenvalue weighted by Crippen LogP contribution is 2.61. The minimum Gasteiger partial charge on any atom is -0.456 e.